The Kier molecular flexibility index (Phi) is 5.89. The number of likely N-dealkylation sites (tertiary alicyclic amines) is 2. The lowest BCUT2D eigenvalue weighted by Crippen LogP contribution is -2.57. The van der Waals surface area contributed by atoms with E-state index in [9.17, 15) is 27.5 Å². The van der Waals surface area contributed by atoms with Crippen LogP contribution >= 0.6 is 0 Å². The molecule has 156 valence electrons. The summed E-state index contributed by atoms with van der Waals surface area (Å²) < 4.78 is 52.0. The van der Waals surface area contributed by atoms with Gasteiger partial charge in [-0.25, -0.2) is 9.18 Å². The molecule has 0 saturated carbocycles. The van der Waals surface area contributed by atoms with Gasteiger partial charge in [0.15, 0.2) is 5.60 Å². The molecule has 2 atom stereocenters. The molecular weight excluding hydrogens is 376 g/mol. The summed E-state index contributed by atoms with van der Waals surface area (Å²) in [5.74, 6) is -0.293. The predicted octanol–water partition coefficient (Wildman–Crippen LogP) is 4.12. The molecule has 1 aromatic rings. The lowest BCUT2D eigenvalue weighted by Gasteiger charge is -2.42. The van der Waals surface area contributed by atoms with Crippen LogP contribution in [0, 0.1) is 5.82 Å². The fraction of sp³-hybridized carbons (Fsp3) is 0.650. The van der Waals surface area contributed by atoms with E-state index in [2.05, 4.69) is 0 Å². The molecule has 2 aliphatic rings. The summed E-state index contributed by atoms with van der Waals surface area (Å²) in [5, 5.41) is 9.80. The Morgan fingerprint density at radius 1 is 1.18 bits per heavy atom. The minimum atomic E-state index is -4.68. The first-order valence-electron chi connectivity index (χ1n) is 9.71. The van der Waals surface area contributed by atoms with Crippen molar-refractivity contribution in [2.45, 2.75) is 69.3 Å². The van der Waals surface area contributed by atoms with Crippen molar-refractivity contribution in [1.29, 1.82) is 0 Å². The van der Waals surface area contributed by atoms with Crippen LogP contribution in [0.25, 0.3) is 0 Å². The van der Waals surface area contributed by atoms with Crippen molar-refractivity contribution in [3.05, 3.63) is 35.6 Å². The Hall–Kier alpha value is -1.83. The fourth-order valence-corrected chi connectivity index (χ4v) is 4.20. The van der Waals surface area contributed by atoms with Gasteiger partial charge in [-0.1, -0.05) is 12.1 Å². The van der Waals surface area contributed by atoms with Gasteiger partial charge in [0, 0.05) is 38.0 Å². The van der Waals surface area contributed by atoms with Crippen LogP contribution in [0.15, 0.2) is 24.3 Å². The maximum Gasteiger partial charge on any atom is 0.417 e. The van der Waals surface area contributed by atoms with Crippen LogP contribution in [-0.4, -0.2) is 57.9 Å². The molecule has 2 fully saturated rings. The fourth-order valence-electron chi connectivity index (χ4n) is 4.20. The van der Waals surface area contributed by atoms with E-state index in [1.165, 1.54) is 17.0 Å². The molecule has 0 unspecified atom stereocenters. The topological polar surface area (TPSA) is 43.8 Å². The lowest BCUT2D eigenvalue weighted by atomic mass is 9.91. The predicted molar refractivity (Wildman–Crippen MR) is 96.3 cm³/mol. The van der Waals surface area contributed by atoms with Crippen molar-refractivity contribution in [1.82, 2.24) is 9.80 Å². The summed E-state index contributed by atoms with van der Waals surface area (Å²) in [6, 6.07) is 6.05. The van der Waals surface area contributed by atoms with E-state index in [0.717, 1.165) is 24.8 Å². The number of alkyl halides is 3. The molecule has 2 heterocycles. The molecule has 3 rings (SSSR count). The van der Waals surface area contributed by atoms with Crippen molar-refractivity contribution >= 4 is 6.03 Å². The summed E-state index contributed by atoms with van der Waals surface area (Å²) in [6.07, 6.45) is -2.55. The van der Waals surface area contributed by atoms with Crippen LogP contribution < -0.4 is 0 Å². The number of amides is 2. The van der Waals surface area contributed by atoms with Crippen LogP contribution in [0.1, 0.15) is 44.6 Å². The highest BCUT2D eigenvalue weighted by Crippen LogP contribution is 2.39. The smallest absolute Gasteiger partial charge is 0.380 e. The standard InChI is InChI=1S/C20H26F4N2O2/c1-14-2-8-17(9-5-15-3-6-16(21)7-4-15)26(14)18(27)25-12-10-19(28,11-13-25)20(22,23)24/h3-4,6-7,14,17,28H,2,5,8-13H2,1H3/t14-,17-/m1/s1. The summed E-state index contributed by atoms with van der Waals surface area (Å²) in [7, 11) is 0. The van der Waals surface area contributed by atoms with Gasteiger partial charge in [0.25, 0.3) is 0 Å². The molecule has 0 spiro atoms. The first-order valence-corrected chi connectivity index (χ1v) is 9.71. The van der Waals surface area contributed by atoms with Gasteiger partial charge >= 0.3 is 12.2 Å². The maximum atomic E-state index is 13.0. The molecule has 0 aromatic heterocycles. The number of urea groups is 1. The second-order valence-corrected chi connectivity index (χ2v) is 7.95. The van der Waals surface area contributed by atoms with Gasteiger partial charge in [-0.3, -0.25) is 0 Å². The number of rotatable bonds is 3. The molecule has 0 bridgehead atoms. The average Bonchev–Trinajstić information content (AvgIpc) is 3.01. The largest absolute Gasteiger partial charge is 0.417 e. The third-order valence-corrected chi connectivity index (χ3v) is 6.08. The molecule has 2 aliphatic heterocycles. The monoisotopic (exact) mass is 402 g/mol. The number of nitrogens with zero attached hydrogens (tertiary/aromatic N) is 2. The second-order valence-electron chi connectivity index (χ2n) is 7.95. The first-order chi connectivity index (χ1) is 13.1. The van der Waals surface area contributed by atoms with Gasteiger partial charge in [-0.05, 0) is 50.3 Å². The quantitative estimate of drug-likeness (QED) is 0.773. The highest BCUT2D eigenvalue weighted by atomic mass is 19.4. The highest BCUT2D eigenvalue weighted by molar-refractivity contribution is 5.75. The van der Waals surface area contributed by atoms with Crippen LogP contribution in [0.3, 0.4) is 0 Å². The summed E-state index contributed by atoms with van der Waals surface area (Å²) >= 11 is 0. The Labute approximate surface area is 162 Å². The second kappa shape index (κ2) is 7.89. The number of piperidine rings is 1. The summed E-state index contributed by atoms with van der Waals surface area (Å²) in [4.78, 5) is 16.2. The van der Waals surface area contributed by atoms with E-state index in [1.54, 1.807) is 17.0 Å². The number of hydrogen-bond donors (Lipinski definition) is 1. The van der Waals surface area contributed by atoms with Crippen molar-refractivity contribution in [2.75, 3.05) is 13.1 Å². The Morgan fingerprint density at radius 2 is 1.79 bits per heavy atom. The number of aryl methyl sites for hydroxylation is 1. The van der Waals surface area contributed by atoms with Gasteiger partial charge in [-0.15, -0.1) is 0 Å². The van der Waals surface area contributed by atoms with Crippen molar-refractivity contribution in [3.63, 3.8) is 0 Å². The third-order valence-electron chi connectivity index (χ3n) is 6.08. The van der Waals surface area contributed by atoms with Crippen molar-refractivity contribution in [3.8, 4) is 0 Å². The normalized spacial score (nSPS) is 25.2. The molecule has 1 N–H and O–H groups in total. The molecule has 8 heteroatoms. The number of halogens is 4. The number of carbonyl (C=O) groups excluding carboxylic acids is 1. The van der Waals surface area contributed by atoms with Gasteiger partial charge in [0.1, 0.15) is 5.82 Å². The van der Waals surface area contributed by atoms with E-state index in [4.69, 9.17) is 0 Å². The molecular formula is C20H26F4N2O2. The first kappa shape index (κ1) is 20.9. The molecule has 4 nitrogen and oxygen atoms in total. The number of carbonyl (C=O) groups is 1. The Balaban J connectivity index is 1.60. The molecule has 0 radical (unpaired) electrons. The SMILES string of the molecule is C[C@@H]1CC[C@H](CCc2ccc(F)cc2)N1C(=O)N1CCC(O)(C(F)(F)F)CC1. The van der Waals surface area contributed by atoms with Gasteiger partial charge in [0.2, 0.25) is 0 Å². The minimum Gasteiger partial charge on any atom is -0.380 e. The zero-order chi connectivity index (χ0) is 20.5. The van der Waals surface area contributed by atoms with E-state index >= 15 is 0 Å². The zero-order valence-electron chi connectivity index (χ0n) is 15.9. The Morgan fingerprint density at radius 3 is 2.36 bits per heavy atom. The van der Waals surface area contributed by atoms with Gasteiger partial charge in [-0.2, -0.15) is 13.2 Å². The molecule has 2 amide bonds. The summed E-state index contributed by atoms with van der Waals surface area (Å²) in [6.45, 7) is 1.73. The van der Waals surface area contributed by atoms with E-state index in [1.807, 2.05) is 6.92 Å². The Bertz CT molecular complexity index is 684. The minimum absolute atomic E-state index is 0.0102. The molecule has 0 aliphatic carbocycles. The van der Waals surface area contributed by atoms with Crippen LogP contribution in [0.5, 0.6) is 0 Å². The molecule has 28 heavy (non-hydrogen) atoms. The van der Waals surface area contributed by atoms with Crippen molar-refractivity contribution < 1.29 is 27.5 Å². The summed E-state index contributed by atoms with van der Waals surface area (Å²) in [5.41, 5.74) is -1.72. The molecule has 1 aromatic carbocycles. The van der Waals surface area contributed by atoms with E-state index in [-0.39, 0.29) is 37.0 Å². The zero-order valence-corrected chi connectivity index (χ0v) is 15.9. The van der Waals surface area contributed by atoms with E-state index in [0.29, 0.717) is 6.42 Å². The van der Waals surface area contributed by atoms with Gasteiger partial charge in [0.05, 0.1) is 0 Å². The van der Waals surface area contributed by atoms with Crippen LogP contribution in [-0.2, 0) is 6.42 Å². The number of hydrogen-bond acceptors (Lipinski definition) is 2. The average molecular weight is 402 g/mol. The van der Waals surface area contributed by atoms with Crippen LogP contribution in [0.2, 0.25) is 0 Å². The van der Waals surface area contributed by atoms with Gasteiger partial charge < -0.3 is 14.9 Å². The third kappa shape index (κ3) is 4.26. The van der Waals surface area contributed by atoms with E-state index < -0.39 is 24.6 Å². The van der Waals surface area contributed by atoms with Crippen LogP contribution in [0.4, 0.5) is 22.4 Å². The maximum absolute atomic E-state index is 13.0. The van der Waals surface area contributed by atoms with Crippen molar-refractivity contribution in [2.24, 2.45) is 0 Å². The number of benzene rings is 1. The lowest BCUT2D eigenvalue weighted by molar-refractivity contribution is -0.271. The number of aliphatic hydroxyl groups is 1. The molecule has 2 saturated heterocycles. The highest BCUT2D eigenvalue weighted by Gasteiger charge is 2.55.